The summed E-state index contributed by atoms with van der Waals surface area (Å²) in [5, 5.41) is 17.7. The molecule has 33 heavy (non-hydrogen) atoms. The molecule has 0 atom stereocenters. The summed E-state index contributed by atoms with van der Waals surface area (Å²) in [4.78, 5) is 6.25. The number of hydrogen-bond acceptors (Lipinski definition) is 4. The van der Waals surface area contributed by atoms with E-state index in [1.54, 1.807) is 18.2 Å². The Hall–Kier alpha value is -5.30. The Balaban J connectivity index is 1.54. The topological polar surface area (TPSA) is 82.6 Å². The van der Waals surface area contributed by atoms with E-state index >= 15 is 0 Å². The second kappa shape index (κ2) is 9.23. The number of furan rings is 2. The average Bonchev–Trinajstić information content (AvgIpc) is 3.59. The number of allylic oxidation sites excluding steroid dienone is 5. The summed E-state index contributed by atoms with van der Waals surface area (Å²) in [6, 6.07) is 17.0. The SMILES string of the molecule is [C-]#[N+]/C(C#N)=C\C=C\c1ccc(-c2ccc3c(c2)C=C(c2ccc(/C=C(\C#N)[N+]#[C-])o2)C3)o1. The maximum Gasteiger partial charge on any atom is 0.265 e. The minimum absolute atomic E-state index is 0.0100. The van der Waals surface area contributed by atoms with Crippen LogP contribution in [0.3, 0.4) is 0 Å². The van der Waals surface area contributed by atoms with E-state index in [1.807, 2.05) is 36.4 Å². The molecule has 3 aromatic rings. The second-order valence-electron chi connectivity index (χ2n) is 7.05. The number of nitriles is 2. The van der Waals surface area contributed by atoms with Crippen molar-refractivity contribution in [2.24, 2.45) is 0 Å². The Bertz CT molecular complexity index is 1500. The zero-order valence-corrected chi connectivity index (χ0v) is 17.2. The Morgan fingerprint density at radius 3 is 2.39 bits per heavy atom. The van der Waals surface area contributed by atoms with E-state index < -0.39 is 0 Å². The minimum Gasteiger partial charge on any atom is -0.458 e. The summed E-state index contributed by atoms with van der Waals surface area (Å²) in [7, 11) is 0. The van der Waals surface area contributed by atoms with E-state index in [-0.39, 0.29) is 11.4 Å². The van der Waals surface area contributed by atoms with Crippen LogP contribution in [0.2, 0.25) is 0 Å². The van der Waals surface area contributed by atoms with Gasteiger partial charge < -0.3 is 8.83 Å². The van der Waals surface area contributed by atoms with Crippen LogP contribution in [0.15, 0.2) is 74.8 Å². The summed E-state index contributed by atoms with van der Waals surface area (Å²) in [5.74, 6) is 2.51. The average molecular weight is 426 g/mol. The number of hydrogen-bond donors (Lipinski definition) is 0. The molecular weight excluding hydrogens is 412 g/mol. The van der Waals surface area contributed by atoms with Gasteiger partial charge in [0.2, 0.25) is 0 Å². The van der Waals surface area contributed by atoms with E-state index in [9.17, 15) is 0 Å². The fraction of sp³-hybridized carbons (Fsp3) is 0.0370. The molecule has 0 N–H and O–H groups in total. The van der Waals surface area contributed by atoms with E-state index in [1.165, 1.54) is 17.7 Å². The van der Waals surface area contributed by atoms with Gasteiger partial charge in [-0.25, -0.2) is 20.2 Å². The molecule has 0 spiro atoms. The monoisotopic (exact) mass is 426 g/mol. The fourth-order valence-corrected chi connectivity index (χ4v) is 3.40. The van der Waals surface area contributed by atoms with Crippen LogP contribution in [0, 0.1) is 35.8 Å². The lowest BCUT2D eigenvalue weighted by molar-refractivity contribution is 0.542. The molecule has 2 heterocycles. The maximum absolute atomic E-state index is 8.91. The highest BCUT2D eigenvalue weighted by Gasteiger charge is 2.18. The molecule has 1 aromatic carbocycles. The molecule has 2 aromatic heterocycles. The van der Waals surface area contributed by atoms with Crippen molar-refractivity contribution in [3.05, 3.63) is 117 Å². The van der Waals surface area contributed by atoms with Crippen molar-refractivity contribution in [2.75, 3.05) is 0 Å². The molecule has 0 aliphatic heterocycles. The van der Waals surface area contributed by atoms with E-state index in [2.05, 4.69) is 27.9 Å². The van der Waals surface area contributed by atoms with Gasteiger partial charge in [0.15, 0.2) is 0 Å². The summed E-state index contributed by atoms with van der Waals surface area (Å²) in [6.07, 6.45) is 8.97. The molecule has 0 unspecified atom stereocenters. The Morgan fingerprint density at radius 2 is 1.64 bits per heavy atom. The van der Waals surface area contributed by atoms with Gasteiger partial charge in [-0.2, -0.15) is 0 Å². The lowest BCUT2D eigenvalue weighted by atomic mass is 10.0. The normalized spacial score (nSPS) is 13.0. The van der Waals surface area contributed by atoms with Gasteiger partial charge >= 0.3 is 0 Å². The van der Waals surface area contributed by atoms with Gasteiger partial charge in [0.25, 0.3) is 11.4 Å². The molecule has 0 fully saturated rings. The molecule has 0 bridgehead atoms. The highest BCUT2D eigenvalue weighted by Crippen LogP contribution is 2.35. The Labute approximate surface area is 190 Å². The van der Waals surface area contributed by atoms with Gasteiger partial charge in [-0.3, -0.25) is 0 Å². The first-order valence-electron chi connectivity index (χ1n) is 9.82. The molecule has 1 aliphatic carbocycles. The van der Waals surface area contributed by atoms with E-state index in [4.69, 9.17) is 32.5 Å². The number of nitrogens with zero attached hydrogens (tertiary/aromatic N) is 4. The predicted octanol–water partition coefficient (Wildman–Crippen LogP) is 6.76. The molecular formula is C27H14N4O2. The molecule has 0 saturated carbocycles. The first-order valence-corrected chi connectivity index (χ1v) is 9.82. The van der Waals surface area contributed by atoms with Crippen LogP contribution < -0.4 is 0 Å². The highest BCUT2D eigenvalue weighted by molar-refractivity contribution is 5.88. The van der Waals surface area contributed by atoms with E-state index in [0.29, 0.717) is 23.0 Å². The van der Waals surface area contributed by atoms with Crippen LogP contribution in [-0.2, 0) is 6.42 Å². The van der Waals surface area contributed by atoms with Crippen LogP contribution in [0.25, 0.3) is 44.8 Å². The smallest absolute Gasteiger partial charge is 0.265 e. The van der Waals surface area contributed by atoms with Crippen LogP contribution >= 0.6 is 0 Å². The zero-order valence-electron chi connectivity index (χ0n) is 17.2. The Morgan fingerprint density at radius 1 is 0.909 bits per heavy atom. The van der Waals surface area contributed by atoms with Crippen LogP contribution in [0.5, 0.6) is 0 Å². The molecule has 4 rings (SSSR count). The van der Waals surface area contributed by atoms with Crippen LogP contribution in [-0.4, -0.2) is 0 Å². The van der Waals surface area contributed by atoms with Crippen LogP contribution in [0.4, 0.5) is 0 Å². The quantitative estimate of drug-likeness (QED) is 0.256. The standard InChI is InChI=1S/C27H14N4O2/c1-30-22(16-28)4-3-5-24-8-10-26(32-24)19-7-6-18-12-21(14-20(18)13-19)27-11-9-25(33-27)15-23(17-29)31-2/h3-11,13-15H,12H2/b5-3+,22-4-,23-15+. The van der Waals surface area contributed by atoms with Gasteiger partial charge in [0.1, 0.15) is 23.0 Å². The van der Waals surface area contributed by atoms with Crippen molar-refractivity contribution in [3.63, 3.8) is 0 Å². The summed E-state index contributed by atoms with van der Waals surface area (Å²) < 4.78 is 11.7. The molecule has 0 saturated heterocycles. The second-order valence-corrected chi connectivity index (χ2v) is 7.05. The summed E-state index contributed by atoms with van der Waals surface area (Å²) >= 11 is 0. The minimum atomic E-state index is -0.0233. The third kappa shape index (κ3) is 4.57. The molecule has 6 heteroatoms. The van der Waals surface area contributed by atoms with Crippen molar-refractivity contribution in [1.29, 1.82) is 10.5 Å². The van der Waals surface area contributed by atoms with Crippen molar-refractivity contribution in [2.45, 2.75) is 6.42 Å². The number of rotatable bonds is 5. The lowest BCUT2D eigenvalue weighted by Gasteiger charge is -2.02. The first-order chi connectivity index (χ1) is 16.1. The zero-order chi connectivity index (χ0) is 23.2. The summed E-state index contributed by atoms with van der Waals surface area (Å²) in [5.41, 5.74) is 4.17. The summed E-state index contributed by atoms with van der Waals surface area (Å²) in [6.45, 7) is 13.8. The van der Waals surface area contributed by atoms with Crippen molar-refractivity contribution in [1.82, 2.24) is 0 Å². The first kappa shape index (κ1) is 21.0. The largest absolute Gasteiger partial charge is 0.458 e. The molecule has 0 radical (unpaired) electrons. The maximum atomic E-state index is 8.91. The van der Waals surface area contributed by atoms with Crippen molar-refractivity contribution < 1.29 is 8.83 Å². The number of benzene rings is 1. The fourth-order valence-electron chi connectivity index (χ4n) is 3.40. The van der Waals surface area contributed by atoms with Gasteiger partial charge in [-0.05, 0) is 71.3 Å². The molecule has 1 aliphatic rings. The third-order valence-electron chi connectivity index (χ3n) is 4.97. The molecule has 154 valence electrons. The predicted molar refractivity (Wildman–Crippen MR) is 124 cm³/mol. The molecule has 6 nitrogen and oxygen atoms in total. The highest BCUT2D eigenvalue weighted by atomic mass is 16.3. The van der Waals surface area contributed by atoms with Gasteiger partial charge in [0, 0.05) is 12.0 Å². The van der Waals surface area contributed by atoms with Crippen molar-refractivity contribution >= 4 is 23.8 Å². The Kier molecular flexibility index (Phi) is 5.86. The van der Waals surface area contributed by atoms with Gasteiger partial charge in [-0.15, -0.1) is 0 Å². The third-order valence-corrected chi connectivity index (χ3v) is 4.97. The number of fused-ring (bicyclic) bond motifs is 1. The van der Waals surface area contributed by atoms with E-state index in [0.717, 1.165) is 23.1 Å². The van der Waals surface area contributed by atoms with Crippen LogP contribution in [0.1, 0.15) is 28.4 Å². The van der Waals surface area contributed by atoms with Gasteiger partial charge in [0.05, 0.1) is 25.3 Å². The van der Waals surface area contributed by atoms with Gasteiger partial charge in [-0.1, -0.05) is 18.2 Å². The van der Waals surface area contributed by atoms with Crippen molar-refractivity contribution in [3.8, 4) is 23.5 Å². The lowest BCUT2D eigenvalue weighted by Crippen LogP contribution is -1.85. The molecule has 0 amide bonds.